The third-order valence-electron chi connectivity index (χ3n) is 2.32. The number of hydrogen-bond acceptors (Lipinski definition) is 3. The summed E-state index contributed by atoms with van der Waals surface area (Å²) in [5.41, 5.74) is -0.551. The smallest absolute Gasteiger partial charge is 0.327 e. The molecule has 0 bridgehead atoms. The van der Waals surface area contributed by atoms with E-state index in [1.54, 1.807) is 0 Å². The Balaban J connectivity index is 4.49. The van der Waals surface area contributed by atoms with Crippen molar-refractivity contribution in [2.24, 2.45) is 11.3 Å². The highest BCUT2D eigenvalue weighted by Crippen LogP contribution is 2.25. The largest absolute Gasteiger partial charge is 0.480 e. The first-order chi connectivity index (χ1) is 7.20. The van der Waals surface area contributed by atoms with Crippen molar-refractivity contribution in [2.45, 2.75) is 40.2 Å². The van der Waals surface area contributed by atoms with Gasteiger partial charge in [-0.1, -0.05) is 27.7 Å². The molecule has 0 aliphatic carbocycles. The molecule has 0 aromatic heterocycles. The molecule has 0 aliphatic rings. The van der Waals surface area contributed by atoms with Crippen LogP contribution in [0.1, 0.15) is 34.1 Å². The van der Waals surface area contributed by atoms with Crippen LogP contribution in [0.2, 0.25) is 0 Å². The minimum Gasteiger partial charge on any atom is -0.480 e. The summed E-state index contributed by atoms with van der Waals surface area (Å²) in [6, 6.07) is -0.915. The van der Waals surface area contributed by atoms with Gasteiger partial charge in [0.25, 0.3) is 0 Å². The molecule has 16 heavy (non-hydrogen) atoms. The van der Waals surface area contributed by atoms with Crippen LogP contribution < -0.4 is 5.32 Å². The van der Waals surface area contributed by atoms with E-state index in [-0.39, 0.29) is 11.7 Å². The summed E-state index contributed by atoms with van der Waals surface area (Å²) >= 11 is 3.90. The van der Waals surface area contributed by atoms with Crippen LogP contribution in [-0.4, -0.2) is 28.8 Å². The van der Waals surface area contributed by atoms with E-state index in [1.165, 1.54) is 0 Å². The molecule has 0 saturated carbocycles. The lowest BCUT2D eigenvalue weighted by molar-refractivity contribution is -0.143. The maximum absolute atomic E-state index is 11.9. The summed E-state index contributed by atoms with van der Waals surface area (Å²) < 4.78 is 0. The molecule has 0 heterocycles. The van der Waals surface area contributed by atoms with Gasteiger partial charge in [-0.15, -0.1) is 0 Å². The van der Waals surface area contributed by atoms with Gasteiger partial charge in [-0.2, -0.15) is 12.6 Å². The van der Waals surface area contributed by atoms with E-state index in [2.05, 4.69) is 17.9 Å². The van der Waals surface area contributed by atoms with Gasteiger partial charge in [-0.05, 0) is 12.3 Å². The number of hydrogen-bond donors (Lipinski definition) is 3. The van der Waals surface area contributed by atoms with Crippen molar-refractivity contribution >= 4 is 24.5 Å². The standard InChI is InChI=1S/C11H21NO3S/c1-7(2)5-11(3,4)10(15)12-8(6-16)9(13)14/h7-8,16H,5-6H2,1-4H3,(H,12,15)(H,13,14). The fraction of sp³-hybridized carbons (Fsp3) is 0.818. The Morgan fingerprint density at radius 2 is 1.88 bits per heavy atom. The molecule has 0 aromatic carbocycles. The lowest BCUT2D eigenvalue weighted by Gasteiger charge is -2.27. The number of carbonyl (C=O) groups excluding carboxylic acids is 1. The number of carboxylic acid groups (broad SMARTS) is 1. The number of carboxylic acids is 1. The second kappa shape index (κ2) is 6.13. The SMILES string of the molecule is CC(C)CC(C)(C)C(=O)NC(CS)C(=O)O. The van der Waals surface area contributed by atoms with Gasteiger partial charge in [0.1, 0.15) is 6.04 Å². The van der Waals surface area contributed by atoms with E-state index in [9.17, 15) is 9.59 Å². The summed E-state index contributed by atoms with van der Waals surface area (Å²) in [4.78, 5) is 22.6. The summed E-state index contributed by atoms with van der Waals surface area (Å²) in [5, 5.41) is 11.3. The molecule has 0 saturated heterocycles. The highest BCUT2D eigenvalue weighted by molar-refractivity contribution is 7.80. The van der Waals surface area contributed by atoms with Gasteiger partial charge < -0.3 is 10.4 Å². The van der Waals surface area contributed by atoms with E-state index in [4.69, 9.17) is 5.11 Å². The molecule has 1 atom stereocenters. The Labute approximate surface area is 102 Å². The zero-order chi connectivity index (χ0) is 12.9. The number of carbonyl (C=O) groups is 2. The Kier molecular flexibility index (Phi) is 5.86. The summed E-state index contributed by atoms with van der Waals surface area (Å²) in [6.45, 7) is 7.70. The van der Waals surface area contributed by atoms with Crippen LogP contribution in [0.4, 0.5) is 0 Å². The zero-order valence-corrected chi connectivity index (χ0v) is 11.2. The van der Waals surface area contributed by atoms with Gasteiger partial charge in [-0.25, -0.2) is 4.79 Å². The minimum atomic E-state index is -1.05. The summed E-state index contributed by atoms with van der Waals surface area (Å²) in [6.07, 6.45) is 0.720. The molecule has 1 amide bonds. The van der Waals surface area contributed by atoms with Crippen molar-refractivity contribution in [3.63, 3.8) is 0 Å². The molecule has 0 aromatic rings. The van der Waals surface area contributed by atoms with E-state index in [0.717, 1.165) is 6.42 Å². The number of rotatable bonds is 6. The first kappa shape index (κ1) is 15.3. The molecule has 0 aliphatic heterocycles. The third kappa shape index (κ3) is 4.88. The van der Waals surface area contributed by atoms with Crippen molar-refractivity contribution in [2.75, 3.05) is 5.75 Å². The fourth-order valence-electron chi connectivity index (χ4n) is 1.65. The maximum atomic E-state index is 11.9. The summed E-state index contributed by atoms with van der Waals surface area (Å²) in [5.74, 6) is -0.801. The molecule has 94 valence electrons. The number of amides is 1. The highest BCUT2D eigenvalue weighted by Gasteiger charge is 2.31. The predicted octanol–water partition coefficient (Wildman–Crippen LogP) is 1.56. The fourth-order valence-corrected chi connectivity index (χ4v) is 1.90. The minimum absolute atomic E-state index is 0.0961. The van der Waals surface area contributed by atoms with Crippen molar-refractivity contribution in [3.05, 3.63) is 0 Å². The molecule has 0 fully saturated rings. The maximum Gasteiger partial charge on any atom is 0.327 e. The van der Waals surface area contributed by atoms with Gasteiger partial charge in [0.15, 0.2) is 0 Å². The van der Waals surface area contributed by atoms with Gasteiger partial charge in [0.05, 0.1) is 0 Å². The molecule has 0 radical (unpaired) electrons. The molecular formula is C11H21NO3S. The normalized spacial score (nSPS) is 13.6. The van der Waals surface area contributed by atoms with E-state index >= 15 is 0 Å². The van der Waals surface area contributed by atoms with Crippen molar-refractivity contribution in [1.29, 1.82) is 0 Å². The van der Waals surface area contributed by atoms with Crippen LogP contribution in [-0.2, 0) is 9.59 Å². The van der Waals surface area contributed by atoms with Gasteiger partial charge in [-0.3, -0.25) is 4.79 Å². The van der Waals surface area contributed by atoms with Crippen LogP contribution in [0.3, 0.4) is 0 Å². The Morgan fingerprint density at radius 3 is 2.19 bits per heavy atom. The van der Waals surface area contributed by atoms with Crippen molar-refractivity contribution in [3.8, 4) is 0 Å². The van der Waals surface area contributed by atoms with E-state index in [1.807, 2.05) is 27.7 Å². The number of thiol groups is 1. The predicted molar refractivity (Wildman–Crippen MR) is 66.7 cm³/mol. The first-order valence-electron chi connectivity index (χ1n) is 5.35. The zero-order valence-electron chi connectivity index (χ0n) is 10.3. The topological polar surface area (TPSA) is 66.4 Å². The van der Waals surface area contributed by atoms with Crippen LogP contribution in [0.15, 0.2) is 0 Å². The molecule has 4 nitrogen and oxygen atoms in total. The van der Waals surface area contributed by atoms with Gasteiger partial charge >= 0.3 is 5.97 Å². The Bertz CT molecular complexity index is 264. The van der Waals surface area contributed by atoms with Crippen LogP contribution in [0, 0.1) is 11.3 Å². The summed E-state index contributed by atoms with van der Waals surface area (Å²) in [7, 11) is 0. The number of aliphatic carboxylic acids is 1. The molecule has 0 rings (SSSR count). The van der Waals surface area contributed by atoms with Gasteiger partial charge in [0, 0.05) is 11.2 Å². The molecule has 2 N–H and O–H groups in total. The van der Waals surface area contributed by atoms with E-state index < -0.39 is 17.4 Å². The lowest BCUT2D eigenvalue weighted by Crippen LogP contribution is -2.47. The van der Waals surface area contributed by atoms with Crippen LogP contribution in [0.5, 0.6) is 0 Å². The Hall–Kier alpha value is -0.710. The van der Waals surface area contributed by atoms with E-state index in [0.29, 0.717) is 5.92 Å². The average Bonchev–Trinajstić information content (AvgIpc) is 2.10. The molecule has 0 spiro atoms. The molecule has 5 heteroatoms. The van der Waals surface area contributed by atoms with Crippen LogP contribution in [0.25, 0.3) is 0 Å². The third-order valence-corrected chi connectivity index (χ3v) is 2.68. The molecular weight excluding hydrogens is 226 g/mol. The van der Waals surface area contributed by atoms with Gasteiger partial charge in [0.2, 0.25) is 5.91 Å². The monoisotopic (exact) mass is 247 g/mol. The lowest BCUT2D eigenvalue weighted by atomic mass is 9.83. The second-order valence-electron chi connectivity index (χ2n) is 5.03. The first-order valence-corrected chi connectivity index (χ1v) is 5.98. The highest BCUT2D eigenvalue weighted by atomic mass is 32.1. The molecule has 1 unspecified atom stereocenters. The van der Waals surface area contributed by atoms with Crippen molar-refractivity contribution in [1.82, 2.24) is 5.32 Å². The van der Waals surface area contributed by atoms with Crippen LogP contribution >= 0.6 is 12.6 Å². The Morgan fingerprint density at radius 1 is 1.38 bits per heavy atom. The average molecular weight is 247 g/mol. The van der Waals surface area contributed by atoms with Crippen molar-refractivity contribution < 1.29 is 14.7 Å². The second-order valence-corrected chi connectivity index (χ2v) is 5.39. The number of nitrogens with one attached hydrogen (secondary N) is 1. The quantitative estimate of drug-likeness (QED) is 0.624.